The highest BCUT2D eigenvalue weighted by atomic mass is 16.5. The summed E-state index contributed by atoms with van der Waals surface area (Å²) in [5.74, 6) is 2.54. The molecule has 2 aliphatic heterocycles. The van der Waals surface area contributed by atoms with Gasteiger partial charge in [0.05, 0.1) is 12.0 Å². The molecule has 2 fully saturated rings. The van der Waals surface area contributed by atoms with Crippen LogP contribution in [-0.2, 0) is 11.2 Å². The highest BCUT2D eigenvalue weighted by molar-refractivity contribution is 5.01. The van der Waals surface area contributed by atoms with Crippen LogP contribution in [0.2, 0.25) is 0 Å². The largest absolute Gasteiger partial charge is 0.378 e. The molecule has 3 heterocycles. The molecule has 0 amide bonds. The lowest BCUT2D eigenvalue weighted by atomic mass is 9.98. The number of hydrogen-bond acceptors (Lipinski definition) is 5. The molecular formula is C12H19N3O2. The van der Waals surface area contributed by atoms with Crippen LogP contribution in [0.1, 0.15) is 37.4 Å². The standard InChI is InChI=1S/C12H19N3O2/c1-8-6-13-7-10(8)12-14-11(15-17-12)5-9-3-2-4-16-9/h8-10,13H,2-7H2,1H3/t8-,9?,10-/m1/s1. The molecule has 3 atom stereocenters. The van der Waals surface area contributed by atoms with Crippen molar-refractivity contribution >= 4 is 0 Å². The molecule has 1 aromatic rings. The molecule has 0 radical (unpaired) electrons. The molecule has 0 spiro atoms. The summed E-state index contributed by atoms with van der Waals surface area (Å²) in [5, 5.41) is 7.42. The van der Waals surface area contributed by atoms with E-state index < -0.39 is 0 Å². The topological polar surface area (TPSA) is 60.2 Å². The fraction of sp³-hybridized carbons (Fsp3) is 0.833. The Morgan fingerprint density at radius 3 is 3.06 bits per heavy atom. The monoisotopic (exact) mass is 237 g/mol. The van der Waals surface area contributed by atoms with Crippen LogP contribution >= 0.6 is 0 Å². The molecule has 17 heavy (non-hydrogen) atoms. The Labute approximate surface area is 101 Å². The van der Waals surface area contributed by atoms with Crippen molar-refractivity contribution in [1.29, 1.82) is 0 Å². The molecule has 0 saturated carbocycles. The highest BCUT2D eigenvalue weighted by Gasteiger charge is 2.30. The van der Waals surface area contributed by atoms with E-state index in [1.165, 1.54) is 0 Å². The fourth-order valence-electron chi connectivity index (χ4n) is 2.65. The normalized spacial score (nSPS) is 33.4. The van der Waals surface area contributed by atoms with E-state index in [1.54, 1.807) is 0 Å². The van der Waals surface area contributed by atoms with E-state index in [-0.39, 0.29) is 0 Å². The third kappa shape index (κ3) is 2.35. The van der Waals surface area contributed by atoms with E-state index in [0.29, 0.717) is 17.9 Å². The quantitative estimate of drug-likeness (QED) is 0.853. The lowest BCUT2D eigenvalue weighted by molar-refractivity contribution is 0.109. The Bertz CT molecular complexity index is 374. The molecule has 1 N–H and O–H groups in total. The molecule has 5 heteroatoms. The average Bonchev–Trinajstić information content (AvgIpc) is 3.00. The molecule has 2 saturated heterocycles. The van der Waals surface area contributed by atoms with Crippen molar-refractivity contribution in [3.05, 3.63) is 11.7 Å². The summed E-state index contributed by atoms with van der Waals surface area (Å²) in [4.78, 5) is 4.51. The average molecular weight is 237 g/mol. The third-order valence-corrected chi connectivity index (χ3v) is 3.75. The van der Waals surface area contributed by atoms with Gasteiger partial charge in [-0.05, 0) is 25.3 Å². The summed E-state index contributed by atoms with van der Waals surface area (Å²) in [6.45, 7) is 5.07. The van der Waals surface area contributed by atoms with Crippen molar-refractivity contribution in [1.82, 2.24) is 15.5 Å². The number of nitrogens with zero attached hydrogens (tertiary/aromatic N) is 2. The molecule has 94 valence electrons. The van der Waals surface area contributed by atoms with Gasteiger partial charge < -0.3 is 14.6 Å². The predicted octanol–water partition coefficient (Wildman–Crippen LogP) is 1.11. The lowest BCUT2D eigenvalue weighted by Gasteiger charge is -2.07. The Balaban J connectivity index is 1.65. The summed E-state index contributed by atoms with van der Waals surface area (Å²) in [5.41, 5.74) is 0. The summed E-state index contributed by atoms with van der Waals surface area (Å²) in [7, 11) is 0. The minimum atomic E-state index is 0.291. The van der Waals surface area contributed by atoms with Crippen molar-refractivity contribution in [2.45, 2.75) is 38.2 Å². The van der Waals surface area contributed by atoms with Crippen LogP contribution in [0.3, 0.4) is 0 Å². The Morgan fingerprint density at radius 1 is 1.41 bits per heavy atom. The maximum absolute atomic E-state index is 5.58. The highest BCUT2D eigenvalue weighted by Crippen LogP contribution is 2.26. The molecule has 0 aromatic carbocycles. The third-order valence-electron chi connectivity index (χ3n) is 3.75. The molecule has 2 aliphatic rings. The van der Waals surface area contributed by atoms with E-state index in [1.807, 2.05) is 0 Å². The molecule has 1 aromatic heterocycles. The van der Waals surface area contributed by atoms with Crippen LogP contribution in [0.25, 0.3) is 0 Å². The van der Waals surface area contributed by atoms with Gasteiger partial charge >= 0.3 is 0 Å². The second-order valence-electron chi connectivity index (χ2n) is 5.13. The summed E-state index contributed by atoms with van der Waals surface area (Å²) in [6.07, 6.45) is 3.35. The molecule has 5 nitrogen and oxygen atoms in total. The van der Waals surface area contributed by atoms with Gasteiger partial charge in [0.2, 0.25) is 5.89 Å². The molecule has 3 rings (SSSR count). The van der Waals surface area contributed by atoms with Gasteiger partial charge in [0.25, 0.3) is 0 Å². The number of aromatic nitrogens is 2. The van der Waals surface area contributed by atoms with Crippen LogP contribution in [0.5, 0.6) is 0 Å². The van der Waals surface area contributed by atoms with Crippen molar-refractivity contribution in [3.63, 3.8) is 0 Å². The predicted molar refractivity (Wildman–Crippen MR) is 61.8 cm³/mol. The number of ether oxygens (including phenoxy) is 1. The SMILES string of the molecule is C[C@@H]1CNC[C@H]1c1nc(CC2CCCO2)no1. The van der Waals surface area contributed by atoms with E-state index in [0.717, 1.165) is 50.7 Å². The smallest absolute Gasteiger partial charge is 0.231 e. The van der Waals surface area contributed by atoms with Crippen LogP contribution < -0.4 is 5.32 Å². The zero-order chi connectivity index (χ0) is 11.7. The van der Waals surface area contributed by atoms with Crippen LogP contribution in [0, 0.1) is 5.92 Å². The second-order valence-corrected chi connectivity index (χ2v) is 5.13. The maximum Gasteiger partial charge on any atom is 0.231 e. The van der Waals surface area contributed by atoms with Gasteiger partial charge in [-0.1, -0.05) is 12.1 Å². The maximum atomic E-state index is 5.58. The minimum Gasteiger partial charge on any atom is -0.378 e. The van der Waals surface area contributed by atoms with Gasteiger partial charge in [-0.15, -0.1) is 0 Å². The number of hydrogen-bond donors (Lipinski definition) is 1. The van der Waals surface area contributed by atoms with Crippen molar-refractivity contribution < 1.29 is 9.26 Å². The first-order chi connectivity index (χ1) is 8.33. The van der Waals surface area contributed by atoms with E-state index in [9.17, 15) is 0 Å². The van der Waals surface area contributed by atoms with Gasteiger partial charge in [0.15, 0.2) is 5.82 Å². The van der Waals surface area contributed by atoms with Crippen LogP contribution in [-0.4, -0.2) is 35.9 Å². The van der Waals surface area contributed by atoms with Gasteiger partial charge in [-0.3, -0.25) is 0 Å². The summed E-state index contributed by atoms with van der Waals surface area (Å²) in [6, 6.07) is 0. The van der Waals surface area contributed by atoms with Crippen molar-refractivity contribution in [2.24, 2.45) is 5.92 Å². The summed E-state index contributed by atoms with van der Waals surface area (Å²) < 4.78 is 11.0. The first-order valence-electron chi connectivity index (χ1n) is 6.47. The Kier molecular flexibility index (Phi) is 3.11. The fourth-order valence-corrected chi connectivity index (χ4v) is 2.65. The zero-order valence-corrected chi connectivity index (χ0v) is 10.2. The number of nitrogens with one attached hydrogen (secondary N) is 1. The van der Waals surface area contributed by atoms with Gasteiger partial charge in [0, 0.05) is 19.6 Å². The minimum absolute atomic E-state index is 0.291. The number of rotatable bonds is 3. The molecule has 0 bridgehead atoms. The zero-order valence-electron chi connectivity index (χ0n) is 10.2. The van der Waals surface area contributed by atoms with Crippen molar-refractivity contribution in [3.8, 4) is 0 Å². The van der Waals surface area contributed by atoms with Crippen LogP contribution in [0.15, 0.2) is 4.52 Å². The van der Waals surface area contributed by atoms with E-state index in [4.69, 9.17) is 9.26 Å². The van der Waals surface area contributed by atoms with Gasteiger partial charge in [-0.2, -0.15) is 4.98 Å². The first-order valence-corrected chi connectivity index (χ1v) is 6.47. The molecule has 0 aliphatic carbocycles. The van der Waals surface area contributed by atoms with E-state index >= 15 is 0 Å². The van der Waals surface area contributed by atoms with Gasteiger partial charge in [-0.25, -0.2) is 0 Å². The first kappa shape index (κ1) is 11.2. The van der Waals surface area contributed by atoms with Gasteiger partial charge in [0.1, 0.15) is 0 Å². The summed E-state index contributed by atoms with van der Waals surface area (Å²) >= 11 is 0. The van der Waals surface area contributed by atoms with E-state index in [2.05, 4.69) is 22.4 Å². The molecular weight excluding hydrogens is 218 g/mol. The lowest BCUT2D eigenvalue weighted by Crippen LogP contribution is -2.11. The molecule has 1 unspecified atom stereocenters. The van der Waals surface area contributed by atoms with Crippen LogP contribution in [0.4, 0.5) is 0 Å². The second kappa shape index (κ2) is 4.74. The Hall–Kier alpha value is -0.940. The van der Waals surface area contributed by atoms with Crippen molar-refractivity contribution in [2.75, 3.05) is 19.7 Å². The Morgan fingerprint density at radius 2 is 2.35 bits per heavy atom.